The van der Waals surface area contributed by atoms with Crippen molar-refractivity contribution in [2.45, 2.75) is 51.2 Å². The molecule has 0 bridgehead atoms. The van der Waals surface area contributed by atoms with Crippen LogP contribution in [0.2, 0.25) is 0 Å². The molecule has 2 heterocycles. The molecule has 0 spiro atoms. The van der Waals surface area contributed by atoms with Gasteiger partial charge in [0, 0.05) is 19.0 Å². The predicted octanol–water partition coefficient (Wildman–Crippen LogP) is 2.95. The molecule has 0 N–H and O–H groups in total. The Morgan fingerprint density at radius 3 is 2.42 bits per heavy atom. The van der Waals surface area contributed by atoms with E-state index in [9.17, 15) is 4.79 Å². The van der Waals surface area contributed by atoms with Crippen molar-refractivity contribution in [2.24, 2.45) is 5.92 Å². The van der Waals surface area contributed by atoms with Gasteiger partial charge in [-0.3, -0.25) is 4.79 Å². The Morgan fingerprint density at radius 1 is 1.12 bits per heavy atom. The van der Waals surface area contributed by atoms with Crippen molar-refractivity contribution in [3.05, 3.63) is 34.9 Å². The van der Waals surface area contributed by atoms with E-state index in [-0.39, 0.29) is 11.7 Å². The van der Waals surface area contributed by atoms with Crippen molar-refractivity contribution < 1.29 is 14.3 Å². The average Bonchev–Trinajstić information content (AvgIpc) is 3.20. The summed E-state index contributed by atoms with van der Waals surface area (Å²) in [5, 5.41) is 0. The summed E-state index contributed by atoms with van der Waals surface area (Å²) < 4.78 is 11.4. The number of amides is 1. The van der Waals surface area contributed by atoms with Crippen LogP contribution in [0, 0.1) is 19.8 Å². The SMILES string of the molecule is Cc1cc(C)cc(C2(C(=O)N3CCCC(C4OCCO4)C3)CC2)c1. The molecule has 0 radical (unpaired) electrons. The van der Waals surface area contributed by atoms with Crippen LogP contribution in [-0.2, 0) is 19.7 Å². The largest absolute Gasteiger partial charge is 0.350 e. The van der Waals surface area contributed by atoms with Gasteiger partial charge in [0.15, 0.2) is 6.29 Å². The van der Waals surface area contributed by atoms with E-state index in [4.69, 9.17) is 9.47 Å². The standard InChI is InChI=1S/C20H27NO3/c1-14-10-15(2)12-17(11-14)20(5-6-20)19(22)21-7-3-4-16(13-21)18-23-8-9-24-18/h10-12,16,18H,3-9,13H2,1-2H3. The molecule has 1 aromatic rings. The van der Waals surface area contributed by atoms with Gasteiger partial charge in [0.1, 0.15) is 0 Å². The highest BCUT2D eigenvalue weighted by atomic mass is 16.7. The highest BCUT2D eigenvalue weighted by Gasteiger charge is 2.53. The molecule has 1 amide bonds. The van der Waals surface area contributed by atoms with E-state index in [0.29, 0.717) is 25.0 Å². The first-order valence-electron chi connectivity index (χ1n) is 9.20. The van der Waals surface area contributed by atoms with Gasteiger partial charge in [-0.05, 0) is 45.1 Å². The second-order valence-electron chi connectivity index (χ2n) is 7.72. The minimum Gasteiger partial charge on any atom is -0.350 e. The molecule has 3 fully saturated rings. The number of ether oxygens (including phenoxy) is 2. The molecule has 1 aromatic carbocycles. The maximum absolute atomic E-state index is 13.3. The zero-order chi connectivity index (χ0) is 16.7. The summed E-state index contributed by atoms with van der Waals surface area (Å²) in [5.41, 5.74) is 3.43. The van der Waals surface area contributed by atoms with Crippen molar-refractivity contribution >= 4 is 5.91 Å². The van der Waals surface area contributed by atoms with Crippen molar-refractivity contribution in [2.75, 3.05) is 26.3 Å². The Hall–Kier alpha value is -1.39. The maximum Gasteiger partial charge on any atom is 0.233 e. The lowest BCUT2D eigenvalue weighted by Crippen LogP contribution is -2.47. The lowest BCUT2D eigenvalue weighted by atomic mass is 9.89. The fraction of sp³-hybridized carbons (Fsp3) is 0.650. The number of carbonyl (C=O) groups excluding carboxylic acids is 1. The van der Waals surface area contributed by atoms with E-state index >= 15 is 0 Å². The molecular formula is C20H27NO3. The summed E-state index contributed by atoms with van der Waals surface area (Å²) in [5.74, 6) is 0.635. The van der Waals surface area contributed by atoms with Crippen molar-refractivity contribution in [3.63, 3.8) is 0 Å². The van der Waals surface area contributed by atoms with Gasteiger partial charge in [0.2, 0.25) is 5.91 Å². The van der Waals surface area contributed by atoms with Crippen LogP contribution in [0.15, 0.2) is 18.2 Å². The highest BCUT2D eigenvalue weighted by molar-refractivity contribution is 5.91. The Bertz CT molecular complexity index is 612. The molecule has 1 aliphatic carbocycles. The van der Waals surface area contributed by atoms with E-state index in [2.05, 4.69) is 36.9 Å². The molecule has 3 aliphatic rings. The van der Waals surface area contributed by atoms with Crippen LogP contribution in [0.4, 0.5) is 0 Å². The van der Waals surface area contributed by atoms with Crippen molar-refractivity contribution in [1.29, 1.82) is 0 Å². The van der Waals surface area contributed by atoms with Crippen LogP contribution in [-0.4, -0.2) is 43.4 Å². The summed E-state index contributed by atoms with van der Waals surface area (Å²) in [6.45, 7) is 7.24. The number of aryl methyl sites for hydroxylation is 2. The van der Waals surface area contributed by atoms with Gasteiger partial charge in [-0.15, -0.1) is 0 Å². The first kappa shape index (κ1) is 16.1. The normalized spacial score (nSPS) is 26.6. The smallest absolute Gasteiger partial charge is 0.233 e. The zero-order valence-corrected chi connectivity index (χ0v) is 14.7. The summed E-state index contributed by atoms with van der Waals surface area (Å²) in [6, 6.07) is 6.57. The zero-order valence-electron chi connectivity index (χ0n) is 14.7. The molecule has 0 aromatic heterocycles. The highest BCUT2D eigenvalue weighted by Crippen LogP contribution is 2.50. The lowest BCUT2D eigenvalue weighted by Gasteiger charge is -2.37. The summed E-state index contributed by atoms with van der Waals surface area (Å²) in [6.07, 6.45) is 3.98. The van der Waals surface area contributed by atoms with E-state index < -0.39 is 0 Å². The van der Waals surface area contributed by atoms with Crippen LogP contribution < -0.4 is 0 Å². The fourth-order valence-electron chi connectivity index (χ4n) is 4.37. The lowest BCUT2D eigenvalue weighted by molar-refractivity contribution is -0.141. The Labute approximate surface area is 144 Å². The topological polar surface area (TPSA) is 38.8 Å². The van der Waals surface area contributed by atoms with Crippen LogP contribution >= 0.6 is 0 Å². The van der Waals surface area contributed by atoms with E-state index in [1.54, 1.807) is 0 Å². The molecule has 4 rings (SSSR count). The minimum atomic E-state index is -0.268. The number of nitrogens with zero attached hydrogens (tertiary/aromatic N) is 1. The van der Waals surface area contributed by atoms with E-state index in [0.717, 1.165) is 38.8 Å². The second kappa shape index (κ2) is 6.16. The van der Waals surface area contributed by atoms with E-state index in [1.165, 1.54) is 16.7 Å². The molecular weight excluding hydrogens is 302 g/mol. The number of piperidine rings is 1. The van der Waals surface area contributed by atoms with Crippen molar-refractivity contribution in [1.82, 2.24) is 4.90 Å². The van der Waals surface area contributed by atoms with Gasteiger partial charge in [-0.2, -0.15) is 0 Å². The fourth-order valence-corrected chi connectivity index (χ4v) is 4.37. The third-order valence-corrected chi connectivity index (χ3v) is 5.71. The molecule has 4 heteroatoms. The molecule has 1 unspecified atom stereocenters. The van der Waals surface area contributed by atoms with Crippen LogP contribution in [0.1, 0.15) is 42.4 Å². The molecule has 130 valence electrons. The number of rotatable bonds is 3. The number of benzene rings is 1. The number of hydrogen-bond donors (Lipinski definition) is 0. The van der Waals surface area contributed by atoms with Gasteiger partial charge in [0.05, 0.1) is 18.6 Å². The van der Waals surface area contributed by atoms with Gasteiger partial charge >= 0.3 is 0 Å². The molecule has 4 nitrogen and oxygen atoms in total. The summed E-state index contributed by atoms with van der Waals surface area (Å²) >= 11 is 0. The first-order chi connectivity index (χ1) is 11.6. The quantitative estimate of drug-likeness (QED) is 0.856. The molecule has 24 heavy (non-hydrogen) atoms. The van der Waals surface area contributed by atoms with Gasteiger partial charge in [0.25, 0.3) is 0 Å². The van der Waals surface area contributed by atoms with Gasteiger partial charge in [-0.1, -0.05) is 29.3 Å². The average molecular weight is 329 g/mol. The van der Waals surface area contributed by atoms with Crippen LogP contribution in [0.3, 0.4) is 0 Å². The summed E-state index contributed by atoms with van der Waals surface area (Å²) in [4.78, 5) is 15.4. The van der Waals surface area contributed by atoms with Crippen LogP contribution in [0.5, 0.6) is 0 Å². The Kier molecular flexibility index (Phi) is 4.13. The predicted molar refractivity (Wildman–Crippen MR) is 91.8 cm³/mol. The van der Waals surface area contributed by atoms with Gasteiger partial charge in [-0.25, -0.2) is 0 Å². The van der Waals surface area contributed by atoms with E-state index in [1.807, 2.05) is 0 Å². The number of hydrogen-bond acceptors (Lipinski definition) is 3. The van der Waals surface area contributed by atoms with Gasteiger partial charge < -0.3 is 14.4 Å². The Balaban J connectivity index is 1.52. The molecule has 1 atom stereocenters. The molecule has 1 saturated carbocycles. The Morgan fingerprint density at radius 2 is 1.79 bits per heavy atom. The molecule has 2 aliphatic heterocycles. The third kappa shape index (κ3) is 2.86. The first-order valence-corrected chi connectivity index (χ1v) is 9.20. The number of likely N-dealkylation sites (tertiary alicyclic amines) is 1. The second-order valence-corrected chi connectivity index (χ2v) is 7.72. The monoisotopic (exact) mass is 329 g/mol. The van der Waals surface area contributed by atoms with Crippen molar-refractivity contribution in [3.8, 4) is 0 Å². The maximum atomic E-state index is 13.3. The third-order valence-electron chi connectivity index (χ3n) is 5.71. The minimum absolute atomic E-state index is 0.114. The molecule has 2 saturated heterocycles. The summed E-state index contributed by atoms with van der Waals surface area (Å²) in [7, 11) is 0. The number of carbonyl (C=O) groups is 1. The van der Waals surface area contributed by atoms with Crippen LogP contribution in [0.25, 0.3) is 0 Å².